The van der Waals surface area contributed by atoms with Crippen LogP contribution in [-0.2, 0) is 0 Å². The van der Waals surface area contributed by atoms with Gasteiger partial charge in [-0.1, -0.05) is 35.6 Å². The summed E-state index contributed by atoms with van der Waals surface area (Å²) in [6.45, 7) is 5.67. The van der Waals surface area contributed by atoms with Crippen molar-refractivity contribution < 1.29 is 9.53 Å². The number of ether oxygens (including phenoxy) is 1. The molecule has 6 heteroatoms. The molecule has 0 saturated heterocycles. The lowest BCUT2D eigenvalue weighted by Crippen LogP contribution is -2.33. The number of carbonyl (C=O) groups excluding carboxylic acids is 1. The van der Waals surface area contributed by atoms with Gasteiger partial charge in [-0.25, -0.2) is 4.98 Å². The molecule has 0 spiro atoms. The van der Waals surface area contributed by atoms with E-state index in [2.05, 4.69) is 30.9 Å². The fourth-order valence-corrected chi connectivity index (χ4v) is 4.92. The van der Waals surface area contributed by atoms with Crippen molar-refractivity contribution in [3.05, 3.63) is 83.4 Å². The van der Waals surface area contributed by atoms with Gasteiger partial charge in [-0.2, -0.15) is 0 Å². The second-order valence-electron chi connectivity index (χ2n) is 8.48. The van der Waals surface area contributed by atoms with Crippen molar-refractivity contribution in [2.24, 2.45) is 0 Å². The first-order valence-electron chi connectivity index (χ1n) is 11.1. The Balaban J connectivity index is 1.60. The molecule has 1 aromatic heterocycles. The zero-order valence-corrected chi connectivity index (χ0v) is 20.4. The summed E-state index contributed by atoms with van der Waals surface area (Å²) in [5.41, 5.74) is 3.93. The van der Waals surface area contributed by atoms with Gasteiger partial charge in [0.1, 0.15) is 11.5 Å². The summed E-state index contributed by atoms with van der Waals surface area (Å²) in [6, 6.07) is 21.2. The third-order valence-electron chi connectivity index (χ3n) is 5.36. The van der Waals surface area contributed by atoms with Crippen LogP contribution in [0.2, 0.25) is 0 Å². The molecule has 0 atom stereocenters. The van der Waals surface area contributed by atoms with Gasteiger partial charge in [0.05, 0.1) is 10.2 Å². The van der Waals surface area contributed by atoms with E-state index in [0.29, 0.717) is 17.9 Å². The first-order valence-corrected chi connectivity index (χ1v) is 11.9. The van der Waals surface area contributed by atoms with E-state index in [1.165, 1.54) is 5.56 Å². The Hall–Kier alpha value is -3.22. The number of para-hydroxylation sites is 1. The Morgan fingerprint density at radius 2 is 1.64 bits per heavy atom. The van der Waals surface area contributed by atoms with Crippen molar-refractivity contribution in [3.63, 3.8) is 0 Å². The maximum atomic E-state index is 13.6. The first kappa shape index (κ1) is 23.0. The number of aryl methyl sites for hydroxylation is 2. The van der Waals surface area contributed by atoms with E-state index in [1.54, 1.807) is 11.3 Å². The molecule has 33 heavy (non-hydrogen) atoms. The average molecular weight is 460 g/mol. The van der Waals surface area contributed by atoms with Gasteiger partial charge in [-0.15, -0.1) is 0 Å². The molecule has 0 radical (unpaired) electrons. The van der Waals surface area contributed by atoms with Crippen molar-refractivity contribution in [1.82, 2.24) is 9.88 Å². The van der Waals surface area contributed by atoms with Crippen LogP contribution in [0.5, 0.6) is 11.5 Å². The van der Waals surface area contributed by atoms with Crippen molar-refractivity contribution in [3.8, 4) is 11.5 Å². The Labute approximate surface area is 199 Å². The number of hydrogen-bond donors (Lipinski definition) is 0. The SMILES string of the molecule is Cc1cc(C)c2nc(N(CCCN(C)C)C(=O)c3ccc(Oc4ccccc4)cc3)sc2c1. The summed E-state index contributed by atoms with van der Waals surface area (Å²) in [7, 11) is 4.09. The topological polar surface area (TPSA) is 45.7 Å². The van der Waals surface area contributed by atoms with Crippen LogP contribution in [0.15, 0.2) is 66.7 Å². The number of hydrogen-bond acceptors (Lipinski definition) is 5. The van der Waals surface area contributed by atoms with Gasteiger partial charge in [0.25, 0.3) is 5.91 Å². The second-order valence-corrected chi connectivity index (χ2v) is 9.49. The molecular formula is C27H29N3O2S. The minimum atomic E-state index is -0.0477. The molecule has 0 N–H and O–H groups in total. The molecule has 170 valence electrons. The van der Waals surface area contributed by atoms with Crippen LogP contribution in [0.4, 0.5) is 5.13 Å². The largest absolute Gasteiger partial charge is 0.457 e. The van der Waals surface area contributed by atoms with Crippen molar-refractivity contribution in [2.75, 3.05) is 32.1 Å². The van der Waals surface area contributed by atoms with Crippen LogP contribution in [0.25, 0.3) is 10.2 Å². The third-order valence-corrected chi connectivity index (χ3v) is 6.39. The zero-order chi connectivity index (χ0) is 23.4. The molecule has 1 heterocycles. The molecule has 3 aromatic carbocycles. The van der Waals surface area contributed by atoms with Crippen LogP contribution in [0, 0.1) is 13.8 Å². The van der Waals surface area contributed by atoms with Gasteiger partial charge in [-0.3, -0.25) is 9.69 Å². The maximum absolute atomic E-state index is 13.6. The molecule has 0 aliphatic rings. The van der Waals surface area contributed by atoms with Crippen LogP contribution in [-0.4, -0.2) is 43.0 Å². The summed E-state index contributed by atoms with van der Waals surface area (Å²) in [4.78, 5) is 22.4. The molecular weight excluding hydrogens is 430 g/mol. The summed E-state index contributed by atoms with van der Waals surface area (Å²) in [5, 5.41) is 0.743. The van der Waals surface area contributed by atoms with Crippen LogP contribution < -0.4 is 9.64 Å². The van der Waals surface area contributed by atoms with E-state index in [4.69, 9.17) is 9.72 Å². The predicted octanol–water partition coefficient (Wildman–Crippen LogP) is 6.30. The van der Waals surface area contributed by atoms with E-state index >= 15 is 0 Å². The molecule has 0 fully saturated rings. The maximum Gasteiger partial charge on any atom is 0.260 e. The van der Waals surface area contributed by atoms with Crippen molar-refractivity contribution in [1.29, 1.82) is 0 Å². The summed E-state index contributed by atoms with van der Waals surface area (Å²) >= 11 is 1.58. The van der Waals surface area contributed by atoms with E-state index in [9.17, 15) is 4.79 Å². The molecule has 0 unspecified atom stereocenters. The number of fused-ring (bicyclic) bond motifs is 1. The Morgan fingerprint density at radius 3 is 2.33 bits per heavy atom. The Kier molecular flexibility index (Phi) is 7.06. The molecule has 0 aliphatic heterocycles. The molecule has 5 nitrogen and oxygen atoms in total. The van der Waals surface area contributed by atoms with Crippen molar-refractivity contribution in [2.45, 2.75) is 20.3 Å². The smallest absolute Gasteiger partial charge is 0.260 e. The zero-order valence-electron chi connectivity index (χ0n) is 19.5. The van der Waals surface area contributed by atoms with Crippen LogP contribution in [0.1, 0.15) is 27.9 Å². The van der Waals surface area contributed by atoms with Crippen LogP contribution >= 0.6 is 11.3 Å². The van der Waals surface area contributed by atoms with Crippen molar-refractivity contribution >= 4 is 32.6 Å². The fraction of sp³-hybridized carbons (Fsp3) is 0.259. The number of rotatable bonds is 8. The summed E-state index contributed by atoms with van der Waals surface area (Å²) < 4.78 is 6.98. The highest BCUT2D eigenvalue weighted by atomic mass is 32.1. The Morgan fingerprint density at radius 1 is 0.939 bits per heavy atom. The standard InChI is InChI=1S/C27H29N3O2S/c1-19-17-20(2)25-24(18-19)33-27(28-25)30(16-8-15-29(3)4)26(31)21-11-13-23(14-12-21)32-22-9-6-5-7-10-22/h5-7,9-14,17-18H,8,15-16H2,1-4H3. The lowest BCUT2D eigenvalue weighted by molar-refractivity contribution is 0.0986. The lowest BCUT2D eigenvalue weighted by Gasteiger charge is -2.21. The van der Waals surface area contributed by atoms with E-state index in [-0.39, 0.29) is 5.91 Å². The van der Waals surface area contributed by atoms with E-state index in [0.717, 1.165) is 39.6 Å². The first-order chi connectivity index (χ1) is 15.9. The minimum Gasteiger partial charge on any atom is -0.457 e. The quantitative estimate of drug-likeness (QED) is 0.310. The highest BCUT2D eigenvalue weighted by molar-refractivity contribution is 7.22. The van der Waals surface area contributed by atoms with Gasteiger partial charge in [0.15, 0.2) is 5.13 Å². The number of carbonyl (C=O) groups is 1. The number of nitrogens with zero attached hydrogens (tertiary/aromatic N) is 3. The van der Waals surface area contributed by atoms with E-state index < -0.39 is 0 Å². The normalized spacial score (nSPS) is 11.2. The average Bonchev–Trinajstić information content (AvgIpc) is 3.21. The molecule has 0 saturated carbocycles. The highest BCUT2D eigenvalue weighted by Gasteiger charge is 2.22. The Bertz CT molecular complexity index is 1230. The monoisotopic (exact) mass is 459 g/mol. The molecule has 0 bridgehead atoms. The number of amides is 1. The van der Waals surface area contributed by atoms with Gasteiger partial charge >= 0.3 is 0 Å². The molecule has 4 rings (SSSR count). The van der Waals surface area contributed by atoms with Crippen LogP contribution in [0.3, 0.4) is 0 Å². The van der Waals surface area contributed by atoms with Gasteiger partial charge in [-0.05, 0) is 94.5 Å². The minimum absolute atomic E-state index is 0.0477. The molecule has 4 aromatic rings. The summed E-state index contributed by atoms with van der Waals surface area (Å²) in [5.74, 6) is 1.42. The second kappa shape index (κ2) is 10.1. The van der Waals surface area contributed by atoms with Gasteiger partial charge in [0, 0.05) is 12.1 Å². The number of anilines is 1. The number of thiazole rings is 1. The van der Waals surface area contributed by atoms with E-state index in [1.807, 2.05) is 73.6 Å². The van der Waals surface area contributed by atoms with Gasteiger partial charge < -0.3 is 9.64 Å². The molecule has 1 amide bonds. The highest BCUT2D eigenvalue weighted by Crippen LogP contribution is 2.33. The lowest BCUT2D eigenvalue weighted by atomic mass is 10.1. The molecule has 0 aliphatic carbocycles. The third kappa shape index (κ3) is 5.59. The summed E-state index contributed by atoms with van der Waals surface area (Å²) in [6.07, 6.45) is 0.863. The number of aromatic nitrogens is 1. The predicted molar refractivity (Wildman–Crippen MR) is 137 cm³/mol. The van der Waals surface area contributed by atoms with Gasteiger partial charge in [0.2, 0.25) is 0 Å². The number of benzene rings is 3. The fourth-order valence-electron chi connectivity index (χ4n) is 3.75.